The number of anilines is 2. The third-order valence-electron chi connectivity index (χ3n) is 3.13. The van der Waals surface area contributed by atoms with Crippen LogP contribution in [-0.4, -0.2) is 0 Å². The third-order valence-corrected chi connectivity index (χ3v) is 3.13. The largest absolute Gasteiger partial charge is 0.739 e. The predicted octanol–water partition coefficient (Wildman–Crippen LogP) is 5.43. The maximum absolute atomic E-state index is 12.1. The summed E-state index contributed by atoms with van der Waals surface area (Å²) in [4.78, 5) is 0. The lowest BCUT2D eigenvalue weighted by Gasteiger charge is -2.31. The predicted molar refractivity (Wildman–Crippen MR) is 93.0 cm³/mol. The van der Waals surface area contributed by atoms with Crippen molar-refractivity contribution in [2.45, 2.75) is 0 Å². The van der Waals surface area contributed by atoms with Gasteiger partial charge in [0.1, 0.15) is 0 Å². The monoisotopic (exact) mass is 303 g/mol. The molecule has 0 aliphatic rings. The van der Waals surface area contributed by atoms with E-state index >= 15 is 0 Å². The Morgan fingerprint density at radius 3 is 1.78 bits per heavy atom. The minimum Gasteiger partial charge on any atom is -0.739 e. The molecule has 0 saturated carbocycles. The van der Waals surface area contributed by atoms with Crippen molar-refractivity contribution >= 4 is 22.7 Å². The standard InChI is InChI=1S/C18H15N4O/c23-22(21-17-9-5-2-6-10-17)18-13-11-16(12-14-18)20-19-15-7-3-1-4-8-15/h1-14,21H/q-1. The van der Waals surface area contributed by atoms with Gasteiger partial charge in [0.2, 0.25) is 0 Å². The van der Waals surface area contributed by atoms with Crippen LogP contribution in [0.1, 0.15) is 0 Å². The SMILES string of the molecule is [O-]N(Nc1ccccc1)c1ccc(N=Nc2ccccc2)cc1. The van der Waals surface area contributed by atoms with E-state index in [-0.39, 0.29) is 0 Å². The van der Waals surface area contributed by atoms with E-state index < -0.39 is 0 Å². The van der Waals surface area contributed by atoms with Crippen LogP contribution in [0.2, 0.25) is 0 Å². The van der Waals surface area contributed by atoms with E-state index in [1.165, 1.54) is 0 Å². The molecule has 0 amide bonds. The van der Waals surface area contributed by atoms with Crippen molar-refractivity contribution in [2.75, 3.05) is 10.6 Å². The Hall–Kier alpha value is -3.18. The van der Waals surface area contributed by atoms with Crippen LogP contribution in [0.4, 0.5) is 22.7 Å². The molecule has 1 N–H and O–H groups in total. The van der Waals surface area contributed by atoms with Crippen molar-refractivity contribution in [3.8, 4) is 0 Å². The fourth-order valence-corrected chi connectivity index (χ4v) is 1.96. The van der Waals surface area contributed by atoms with Crippen LogP contribution in [0, 0.1) is 5.21 Å². The average Bonchev–Trinajstić information content (AvgIpc) is 2.62. The zero-order valence-corrected chi connectivity index (χ0v) is 12.3. The summed E-state index contributed by atoms with van der Waals surface area (Å²) >= 11 is 0. The second-order valence-electron chi connectivity index (χ2n) is 4.82. The number of hydrazine groups is 1. The summed E-state index contributed by atoms with van der Waals surface area (Å²) in [5.41, 5.74) is 5.45. The lowest BCUT2D eigenvalue weighted by atomic mass is 10.3. The van der Waals surface area contributed by atoms with Crippen LogP contribution in [0.25, 0.3) is 0 Å². The first-order chi connectivity index (χ1) is 11.3. The van der Waals surface area contributed by atoms with Gasteiger partial charge in [-0.3, -0.25) is 0 Å². The van der Waals surface area contributed by atoms with E-state index in [1.807, 2.05) is 60.7 Å². The van der Waals surface area contributed by atoms with E-state index in [0.29, 0.717) is 16.5 Å². The molecule has 0 spiro atoms. The molecule has 0 aliphatic carbocycles. The molecular weight excluding hydrogens is 288 g/mol. The van der Waals surface area contributed by atoms with Crippen molar-refractivity contribution in [3.05, 3.63) is 90.1 Å². The molecule has 0 fully saturated rings. The molecule has 3 rings (SSSR count). The van der Waals surface area contributed by atoms with E-state index in [4.69, 9.17) is 0 Å². The molecule has 0 radical (unpaired) electrons. The minimum atomic E-state index is 0.493. The fraction of sp³-hybridized carbons (Fsp3) is 0. The van der Waals surface area contributed by atoms with Crippen molar-refractivity contribution in [3.63, 3.8) is 0 Å². The first kappa shape index (κ1) is 14.7. The van der Waals surface area contributed by atoms with Crippen LogP contribution in [-0.2, 0) is 0 Å². The molecule has 3 aromatic rings. The van der Waals surface area contributed by atoms with Crippen LogP contribution in [0.3, 0.4) is 0 Å². The van der Waals surface area contributed by atoms with Crippen molar-refractivity contribution in [2.24, 2.45) is 10.2 Å². The van der Waals surface area contributed by atoms with Gasteiger partial charge in [-0.05, 0) is 48.5 Å². The van der Waals surface area contributed by atoms with Gasteiger partial charge >= 0.3 is 0 Å². The molecule has 114 valence electrons. The molecule has 0 aromatic heterocycles. The molecule has 0 saturated heterocycles. The summed E-state index contributed by atoms with van der Waals surface area (Å²) in [6, 6.07) is 25.7. The van der Waals surface area contributed by atoms with Gasteiger partial charge in [0.25, 0.3) is 0 Å². The maximum Gasteiger partial charge on any atom is 0.0858 e. The summed E-state index contributed by atoms with van der Waals surface area (Å²) in [7, 11) is 0. The van der Waals surface area contributed by atoms with E-state index in [9.17, 15) is 5.21 Å². The number of hydrogen-bond acceptors (Lipinski definition) is 5. The zero-order chi connectivity index (χ0) is 15.9. The second-order valence-corrected chi connectivity index (χ2v) is 4.82. The smallest absolute Gasteiger partial charge is 0.0858 e. The highest BCUT2D eigenvalue weighted by atomic mass is 16.5. The van der Waals surface area contributed by atoms with Gasteiger partial charge in [-0.2, -0.15) is 10.2 Å². The topological polar surface area (TPSA) is 63.0 Å². The minimum absolute atomic E-state index is 0.493. The maximum atomic E-state index is 12.1. The Kier molecular flexibility index (Phi) is 4.61. The molecule has 5 nitrogen and oxygen atoms in total. The Morgan fingerprint density at radius 1 is 0.652 bits per heavy atom. The number of nitrogens with zero attached hydrogens (tertiary/aromatic N) is 3. The van der Waals surface area contributed by atoms with Gasteiger partial charge in [0.15, 0.2) is 0 Å². The highest BCUT2D eigenvalue weighted by molar-refractivity contribution is 5.58. The Labute approximate surface area is 134 Å². The van der Waals surface area contributed by atoms with Gasteiger partial charge in [-0.1, -0.05) is 36.4 Å². The average molecular weight is 303 g/mol. The molecule has 0 aliphatic heterocycles. The molecular formula is C18H15N4O-. The molecule has 0 unspecified atom stereocenters. The van der Waals surface area contributed by atoms with Crippen molar-refractivity contribution in [1.82, 2.24) is 0 Å². The Morgan fingerprint density at radius 2 is 1.17 bits per heavy atom. The van der Waals surface area contributed by atoms with Gasteiger partial charge < -0.3 is 15.8 Å². The van der Waals surface area contributed by atoms with Gasteiger partial charge in [0.05, 0.1) is 17.1 Å². The van der Waals surface area contributed by atoms with Crippen molar-refractivity contribution in [1.29, 1.82) is 0 Å². The molecule has 0 heterocycles. The number of rotatable bonds is 5. The first-order valence-electron chi connectivity index (χ1n) is 7.17. The molecule has 3 aromatic carbocycles. The number of hydrogen-bond donors (Lipinski definition) is 1. The first-order valence-corrected chi connectivity index (χ1v) is 7.17. The normalized spacial score (nSPS) is 10.7. The van der Waals surface area contributed by atoms with E-state index in [2.05, 4.69) is 15.7 Å². The van der Waals surface area contributed by atoms with Gasteiger partial charge in [0, 0.05) is 5.69 Å². The lowest BCUT2D eigenvalue weighted by molar-refractivity contribution is 1.16. The van der Waals surface area contributed by atoms with Gasteiger partial charge in [-0.25, -0.2) is 0 Å². The third kappa shape index (κ3) is 4.15. The quantitative estimate of drug-likeness (QED) is 0.504. The number of para-hydroxylation sites is 1. The highest BCUT2D eigenvalue weighted by Gasteiger charge is 1.97. The summed E-state index contributed by atoms with van der Waals surface area (Å²) in [6.45, 7) is 0. The molecule has 0 atom stereocenters. The van der Waals surface area contributed by atoms with Gasteiger partial charge in [-0.15, -0.1) is 0 Å². The molecule has 23 heavy (non-hydrogen) atoms. The van der Waals surface area contributed by atoms with Crippen LogP contribution in [0.5, 0.6) is 0 Å². The zero-order valence-electron chi connectivity index (χ0n) is 12.3. The van der Waals surface area contributed by atoms with E-state index in [0.717, 1.165) is 11.4 Å². The Balaban J connectivity index is 1.66. The lowest BCUT2D eigenvalue weighted by Crippen LogP contribution is -2.22. The molecule has 0 bridgehead atoms. The number of benzene rings is 3. The van der Waals surface area contributed by atoms with Crippen LogP contribution < -0.4 is 10.6 Å². The van der Waals surface area contributed by atoms with E-state index in [1.54, 1.807) is 24.3 Å². The summed E-state index contributed by atoms with van der Waals surface area (Å²) in [6.07, 6.45) is 0. The summed E-state index contributed by atoms with van der Waals surface area (Å²) in [5.74, 6) is 0. The Bertz CT molecular complexity index is 758. The second kappa shape index (κ2) is 7.20. The molecule has 5 heteroatoms. The number of nitrogens with one attached hydrogen (secondary N) is 1. The van der Waals surface area contributed by atoms with Crippen LogP contribution >= 0.6 is 0 Å². The highest BCUT2D eigenvalue weighted by Crippen LogP contribution is 2.22. The summed E-state index contributed by atoms with van der Waals surface area (Å²) < 4.78 is 0. The fourth-order valence-electron chi connectivity index (χ4n) is 1.96. The number of azo groups is 1. The van der Waals surface area contributed by atoms with Crippen LogP contribution in [0.15, 0.2) is 95.2 Å². The summed E-state index contributed by atoms with van der Waals surface area (Å²) in [5, 5.41) is 21.1. The van der Waals surface area contributed by atoms with Crippen molar-refractivity contribution < 1.29 is 0 Å².